The molecule has 0 saturated heterocycles. The number of carbonyl (C=O) groups excluding carboxylic acids is 1. The molecule has 0 radical (unpaired) electrons. The highest BCUT2D eigenvalue weighted by molar-refractivity contribution is 6.02. The maximum atomic E-state index is 11.8. The molecule has 0 aromatic carbocycles. The Hall–Kier alpha value is -2.30. The molecule has 0 spiro atoms. The third-order valence-electron chi connectivity index (χ3n) is 2.19. The summed E-state index contributed by atoms with van der Waals surface area (Å²) in [4.78, 5) is 15.9. The van der Waals surface area contributed by atoms with Gasteiger partial charge >= 0.3 is 0 Å². The minimum atomic E-state index is -0.275. The van der Waals surface area contributed by atoms with Crippen LogP contribution in [0.4, 0.5) is 5.69 Å². The summed E-state index contributed by atoms with van der Waals surface area (Å²) in [5, 5.41) is 10.4. The Morgan fingerprint density at radius 3 is 2.59 bits per heavy atom. The van der Waals surface area contributed by atoms with Crippen LogP contribution >= 0.6 is 0 Å². The lowest BCUT2D eigenvalue weighted by atomic mass is 10.3. The van der Waals surface area contributed by atoms with E-state index in [1.165, 1.54) is 0 Å². The zero-order chi connectivity index (χ0) is 12.3. The normalized spacial score (nSPS) is 10.0. The summed E-state index contributed by atoms with van der Waals surface area (Å²) < 4.78 is 0. The minimum Gasteiger partial charge on any atom is -0.320 e. The Balaban J connectivity index is 2.14. The van der Waals surface area contributed by atoms with Crippen LogP contribution in [0.25, 0.3) is 0 Å². The van der Waals surface area contributed by atoms with Crippen LogP contribution in [0.5, 0.6) is 0 Å². The summed E-state index contributed by atoms with van der Waals surface area (Å²) in [6.45, 7) is 3.68. The van der Waals surface area contributed by atoms with E-state index in [0.29, 0.717) is 11.4 Å². The molecular weight excluding hydrogens is 216 g/mol. The van der Waals surface area contributed by atoms with E-state index < -0.39 is 0 Å². The van der Waals surface area contributed by atoms with Gasteiger partial charge in [-0.3, -0.25) is 9.78 Å². The fourth-order valence-corrected chi connectivity index (χ4v) is 1.34. The van der Waals surface area contributed by atoms with Gasteiger partial charge in [0.1, 0.15) is 0 Å². The molecule has 1 N–H and O–H groups in total. The average Bonchev–Trinajstić information content (AvgIpc) is 2.29. The van der Waals surface area contributed by atoms with E-state index in [1.807, 2.05) is 13.8 Å². The fraction of sp³-hybridized carbons (Fsp3) is 0.167. The zero-order valence-electron chi connectivity index (χ0n) is 9.64. The molecule has 17 heavy (non-hydrogen) atoms. The van der Waals surface area contributed by atoms with Crippen LogP contribution in [0, 0.1) is 13.8 Å². The molecule has 0 saturated carbocycles. The monoisotopic (exact) mass is 228 g/mol. The first kappa shape index (κ1) is 11.2. The minimum absolute atomic E-state index is 0.275. The van der Waals surface area contributed by atoms with Gasteiger partial charge in [-0.2, -0.15) is 5.10 Å². The lowest BCUT2D eigenvalue weighted by Crippen LogP contribution is -2.14. The number of rotatable bonds is 2. The van der Waals surface area contributed by atoms with Crippen molar-refractivity contribution in [1.29, 1.82) is 0 Å². The molecule has 0 atom stereocenters. The first-order chi connectivity index (χ1) is 8.15. The summed E-state index contributed by atoms with van der Waals surface area (Å²) in [7, 11) is 0. The van der Waals surface area contributed by atoms with Crippen molar-refractivity contribution in [1.82, 2.24) is 15.2 Å². The highest BCUT2D eigenvalue weighted by Gasteiger charge is 2.07. The Bertz CT molecular complexity index is 536. The van der Waals surface area contributed by atoms with Crippen molar-refractivity contribution in [3.8, 4) is 0 Å². The number of hydrogen-bond acceptors (Lipinski definition) is 4. The van der Waals surface area contributed by atoms with Crippen molar-refractivity contribution < 1.29 is 4.79 Å². The van der Waals surface area contributed by atoms with Gasteiger partial charge in [-0.1, -0.05) is 0 Å². The molecule has 2 heterocycles. The first-order valence-corrected chi connectivity index (χ1v) is 5.19. The van der Waals surface area contributed by atoms with Gasteiger partial charge in [0, 0.05) is 17.6 Å². The number of amides is 1. The molecule has 2 rings (SSSR count). The van der Waals surface area contributed by atoms with Gasteiger partial charge in [0.05, 0.1) is 5.69 Å². The van der Waals surface area contributed by atoms with Crippen LogP contribution < -0.4 is 5.32 Å². The van der Waals surface area contributed by atoms with Gasteiger partial charge in [-0.15, -0.1) is 5.10 Å². The maximum absolute atomic E-state index is 11.8. The molecular formula is C12H12N4O. The van der Waals surface area contributed by atoms with Crippen LogP contribution in [0.1, 0.15) is 21.9 Å². The van der Waals surface area contributed by atoms with Crippen molar-refractivity contribution in [3.63, 3.8) is 0 Å². The number of nitrogens with one attached hydrogen (secondary N) is 1. The van der Waals surface area contributed by atoms with E-state index in [9.17, 15) is 4.79 Å². The van der Waals surface area contributed by atoms with Gasteiger partial charge < -0.3 is 5.32 Å². The van der Waals surface area contributed by atoms with Gasteiger partial charge in [0.25, 0.3) is 5.91 Å². The number of aryl methyl sites for hydroxylation is 2. The van der Waals surface area contributed by atoms with Crippen molar-refractivity contribution in [2.75, 3.05) is 5.32 Å². The number of anilines is 1. The number of aromatic nitrogens is 3. The van der Waals surface area contributed by atoms with Crippen LogP contribution in [0.15, 0.2) is 30.5 Å². The molecule has 5 heteroatoms. The zero-order valence-corrected chi connectivity index (χ0v) is 9.64. The molecule has 0 aliphatic rings. The molecule has 86 valence electrons. The predicted molar refractivity (Wildman–Crippen MR) is 63.7 cm³/mol. The number of hydrogen-bond donors (Lipinski definition) is 1. The van der Waals surface area contributed by atoms with Crippen molar-refractivity contribution in [2.24, 2.45) is 0 Å². The van der Waals surface area contributed by atoms with Gasteiger partial charge in [0.2, 0.25) is 0 Å². The molecule has 2 aromatic rings. The summed E-state index contributed by atoms with van der Waals surface area (Å²) in [5.74, 6) is -0.275. The highest BCUT2D eigenvalue weighted by atomic mass is 16.1. The van der Waals surface area contributed by atoms with Gasteiger partial charge in [-0.25, -0.2) is 0 Å². The fourth-order valence-electron chi connectivity index (χ4n) is 1.34. The van der Waals surface area contributed by atoms with Crippen molar-refractivity contribution in [2.45, 2.75) is 13.8 Å². The third-order valence-corrected chi connectivity index (χ3v) is 2.19. The van der Waals surface area contributed by atoms with Gasteiger partial charge in [-0.05, 0) is 38.1 Å². The van der Waals surface area contributed by atoms with E-state index in [0.717, 1.165) is 11.4 Å². The Morgan fingerprint density at radius 2 is 1.94 bits per heavy atom. The van der Waals surface area contributed by atoms with E-state index in [4.69, 9.17) is 0 Å². The van der Waals surface area contributed by atoms with Crippen molar-refractivity contribution >= 4 is 11.6 Å². The average molecular weight is 228 g/mol. The molecule has 0 bridgehead atoms. The van der Waals surface area contributed by atoms with E-state index in [1.54, 1.807) is 30.5 Å². The smallest absolute Gasteiger partial charge is 0.276 e. The highest BCUT2D eigenvalue weighted by Crippen LogP contribution is 2.08. The number of nitrogens with zero attached hydrogens (tertiary/aromatic N) is 3. The Kier molecular flexibility index (Phi) is 3.09. The molecule has 2 aromatic heterocycles. The molecule has 5 nitrogen and oxygen atoms in total. The quantitative estimate of drug-likeness (QED) is 0.850. The van der Waals surface area contributed by atoms with Crippen molar-refractivity contribution in [3.05, 3.63) is 47.5 Å². The standard InChI is InChI=1S/C12H12N4O/c1-8-3-4-11(16-15-8)12(17)14-10-5-6-13-9(2)7-10/h3-7H,1-2H3,(H,13,14,17). The Morgan fingerprint density at radius 1 is 1.12 bits per heavy atom. The van der Waals surface area contributed by atoms with E-state index >= 15 is 0 Å². The topological polar surface area (TPSA) is 67.8 Å². The second-order valence-corrected chi connectivity index (χ2v) is 3.70. The number of pyridine rings is 1. The lowest BCUT2D eigenvalue weighted by molar-refractivity contribution is 0.102. The molecule has 0 aliphatic heterocycles. The molecule has 0 fully saturated rings. The van der Waals surface area contributed by atoms with Gasteiger partial charge in [0.15, 0.2) is 5.69 Å². The molecule has 1 amide bonds. The largest absolute Gasteiger partial charge is 0.320 e. The van der Waals surface area contributed by atoms with Crippen LogP contribution in [-0.2, 0) is 0 Å². The lowest BCUT2D eigenvalue weighted by Gasteiger charge is -2.04. The summed E-state index contributed by atoms with van der Waals surface area (Å²) in [5.41, 5.74) is 2.62. The summed E-state index contributed by atoms with van der Waals surface area (Å²) >= 11 is 0. The van der Waals surface area contributed by atoms with E-state index in [-0.39, 0.29) is 5.91 Å². The second-order valence-electron chi connectivity index (χ2n) is 3.70. The SMILES string of the molecule is Cc1cc(NC(=O)c2ccc(C)nn2)ccn1. The van der Waals surface area contributed by atoms with Crippen LogP contribution in [0.3, 0.4) is 0 Å². The van der Waals surface area contributed by atoms with E-state index in [2.05, 4.69) is 20.5 Å². The Labute approximate surface area is 98.9 Å². The third kappa shape index (κ3) is 2.84. The number of carbonyl (C=O) groups is 1. The molecule has 0 aliphatic carbocycles. The maximum Gasteiger partial charge on any atom is 0.276 e. The molecule has 0 unspecified atom stereocenters. The summed E-state index contributed by atoms with van der Waals surface area (Å²) in [6.07, 6.45) is 1.64. The second kappa shape index (κ2) is 4.69. The van der Waals surface area contributed by atoms with Crippen LogP contribution in [-0.4, -0.2) is 21.1 Å². The first-order valence-electron chi connectivity index (χ1n) is 5.19. The summed E-state index contributed by atoms with van der Waals surface area (Å²) in [6, 6.07) is 6.91. The predicted octanol–water partition coefficient (Wildman–Crippen LogP) is 1.74. The van der Waals surface area contributed by atoms with Crippen LogP contribution in [0.2, 0.25) is 0 Å².